The Bertz CT molecular complexity index is 708. The quantitative estimate of drug-likeness (QED) is 0.942. The average Bonchev–Trinajstić information content (AvgIpc) is 3.13. The molecule has 3 nitrogen and oxygen atoms in total. The lowest BCUT2D eigenvalue weighted by atomic mass is 10.1. The van der Waals surface area contributed by atoms with Gasteiger partial charge in [0.2, 0.25) is 0 Å². The first-order valence-corrected chi connectivity index (χ1v) is 8.17. The van der Waals surface area contributed by atoms with Crippen LogP contribution in [0.15, 0.2) is 59.5 Å². The van der Waals surface area contributed by atoms with E-state index in [-0.39, 0.29) is 12.0 Å². The standard InChI is InChI=1S/C16H17NO2S/c1-11-7-9-13(10-8-11)20(18,19)16-14(15(16)17)12-5-3-2-4-6-12/h2-10,14-16H,17H2,1H3/t14-,15+,16-/m0/s1. The third-order valence-corrected chi connectivity index (χ3v) is 6.15. The van der Waals surface area contributed by atoms with Crippen LogP contribution in [0, 0.1) is 6.92 Å². The first-order valence-electron chi connectivity index (χ1n) is 6.63. The van der Waals surface area contributed by atoms with Crippen LogP contribution in [-0.4, -0.2) is 19.7 Å². The van der Waals surface area contributed by atoms with Gasteiger partial charge < -0.3 is 5.73 Å². The zero-order valence-corrected chi connectivity index (χ0v) is 12.0. The van der Waals surface area contributed by atoms with E-state index < -0.39 is 15.1 Å². The summed E-state index contributed by atoms with van der Waals surface area (Å²) in [6.07, 6.45) is 0. The van der Waals surface area contributed by atoms with Gasteiger partial charge >= 0.3 is 0 Å². The van der Waals surface area contributed by atoms with E-state index in [1.54, 1.807) is 12.1 Å². The van der Waals surface area contributed by atoms with Crippen molar-refractivity contribution in [2.24, 2.45) is 5.73 Å². The predicted octanol–water partition coefficient (Wildman–Crippen LogP) is 2.26. The second kappa shape index (κ2) is 4.72. The molecule has 0 unspecified atom stereocenters. The topological polar surface area (TPSA) is 60.2 Å². The predicted molar refractivity (Wildman–Crippen MR) is 79.3 cm³/mol. The van der Waals surface area contributed by atoms with Crippen LogP contribution >= 0.6 is 0 Å². The van der Waals surface area contributed by atoms with Gasteiger partial charge in [0, 0.05) is 12.0 Å². The normalized spacial score (nSPS) is 25.4. The molecule has 2 aromatic rings. The molecule has 0 radical (unpaired) electrons. The Hall–Kier alpha value is -1.65. The first kappa shape index (κ1) is 13.3. The number of aryl methyl sites for hydroxylation is 1. The lowest BCUT2D eigenvalue weighted by Gasteiger charge is -2.04. The fraction of sp³-hybridized carbons (Fsp3) is 0.250. The molecule has 2 N–H and O–H groups in total. The van der Waals surface area contributed by atoms with Crippen LogP contribution in [0.3, 0.4) is 0 Å². The van der Waals surface area contributed by atoms with E-state index in [2.05, 4.69) is 0 Å². The van der Waals surface area contributed by atoms with E-state index in [4.69, 9.17) is 5.73 Å². The molecule has 20 heavy (non-hydrogen) atoms. The maximum Gasteiger partial charge on any atom is 0.183 e. The summed E-state index contributed by atoms with van der Waals surface area (Å²) in [7, 11) is -3.35. The monoisotopic (exact) mass is 287 g/mol. The molecule has 1 fully saturated rings. The van der Waals surface area contributed by atoms with Gasteiger partial charge in [0.15, 0.2) is 9.84 Å². The van der Waals surface area contributed by atoms with Gasteiger partial charge in [-0.25, -0.2) is 8.42 Å². The van der Waals surface area contributed by atoms with Gasteiger partial charge in [-0.2, -0.15) is 0 Å². The van der Waals surface area contributed by atoms with Crippen molar-refractivity contribution in [1.29, 1.82) is 0 Å². The van der Waals surface area contributed by atoms with Crippen molar-refractivity contribution in [1.82, 2.24) is 0 Å². The molecule has 3 atom stereocenters. The lowest BCUT2D eigenvalue weighted by molar-refractivity contribution is 0.593. The molecule has 1 saturated carbocycles. The number of rotatable bonds is 3. The highest BCUT2D eigenvalue weighted by Crippen LogP contribution is 2.46. The lowest BCUT2D eigenvalue weighted by Crippen LogP contribution is -2.15. The van der Waals surface area contributed by atoms with Crippen molar-refractivity contribution in [3.8, 4) is 0 Å². The van der Waals surface area contributed by atoms with Gasteiger partial charge in [-0.05, 0) is 24.6 Å². The highest BCUT2D eigenvalue weighted by molar-refractivity contribution is 7.92. The number of hydrogen-bond donors (Lipinski definition) is 1. The molecule has 1 aliphatic rings. The molecule has 3 rings (SSSR count). The Balaban J connectivity index is 1.92. The number of benzene rings is 2. The zero-order valence-electron chi connectivity index (χ0n) is 11.2. The molecular weight excluding hydrogens is 270 g/mol. The van der Waals surface area contributed by atoms with Gasteiger partial charge in [0.25, 0.3) is 0 Å². The molecule has 0 saturated heterocycles. The summed E-state index contributed by atoms with van der Waals surface area (Å²) in [4.78, 5) is 0.363. The Labute approximate surface area is 119 Å². The van der Waals surface area contributed by atoms with E-state index in [0.29, 0.717) is 4.90 Å². The van der Waals surface area contributed by atoms with Gasteiger partial charge in [-0.1, -0.05) is 48.0 Å². The molecule has 4 heteroatoms. The van der Waals surface area contributed by atoms with Crippen molar-refractivity contribution in [3.63, 3.8) is 0 Å². The van der Waals surface area contributed by atoms with Gasteiger partial charge in [0.1, 0.15) is 0 Å². The third-order valence-electron chi connectivity index (χ3n) is 3.90. The smallest absolute Gasteiger partial charge is 0.183 e. The molecular formula is C16H17NO2S. The number of hydrogen-bond acceptors (Lipinski definition) is 3. The molecule has 1 aliphatic carbocycles. The highest BCUT2D eigenvalue weighted by Gasteiger charge is 2.56. The first-order chi connectivity index (χ1) is 9.51. The SMILES string of the molecule is Cc1ccc(S(=O)(=O)[C@@H]2[C@H](N)[C@@H]2c2ccccc2)cc1. The Morgan fingerprint density at radius 3 is 2.15 bits per heavy atom. The summed E-state index contributed by atoms with van der Waals surface area (Å²) in [6.45, 7) is 1.94. The van der Waals surface area contributed by atoms with E-state index in [1.165, 1.54) is 0 Å². The zero-order chi connectivity index (χ0) is 14.3. The van der Waals surface area contributed by atoms with E-state index in [1.807, 2.05) is 49.4 Å². The summed E-state index contributed by atoms with van der Waals surface area (Å²) < 4.78 is 25.2. The Kier molecular flexibility index (Phi) is 3.15. The van der Waals surface area contributed by atoms with Crippen molar-refractivity contribution in [3.05, 3.63) is 65.7 Å². The van der Waals surface area contributed by atoms with E-state index in [0.717, 1.165) is 11.1 Å². The summed E-state index contributed by atoms with van der Waals surface area (Å²) in [6, 6.07) is 16.3. The molecule has 0 aliphatic heterocycles. The maximum absolute atomic E-state index is 12.6. The van der Waals surface area contributed by atoms with E-state index >= 15 is 0 Å². The molecule has 0 bridgehead atoms. The number of nitrogens with two attached hydrogens (primary N) is 1. The molecule has 0 heterocycles. The minimum absolute atomic E-state index is 0.0949. The fourth-order valence-electron chi connectivity index (χ4n) is 2.68. The van der Waals surface area contributed by atoms with Crippen LogP contribution in [0.1, 0.15) is 17.0 Å². The summed E-state index contributed by atoms with van der Waals surface area (Å²) in [5.41, 5.74) is 8.06. The average molecular weight is 287 g/mol. The molecule has 104 valence electrons. The van der Waals surface area contributed by atoms with E-state index in [9.17, 15) is 8.42 Å². The van der Waals surface area contributed by atoms with Crippen molar-refractivity contribution < 1.29 is 8.42 Å². The largest absolute Gasteiger partial charge is 0.326 e. The summed E-state index contributed by atoms with van der Waals surface area (Å²) >= 11 is 0. The van der Waals surface area contributed by atoms with Crippen LogP contribution in [0.4, 0.5) is 0 Å². The van der Waals surface area contributed by atoms with Crippen molar-refractivity contribution >= 4 is 9.84 Å². The maximum atomic E-state index is 12.6. The molecule has 0 spiro atoms. The minimum Gasteiger partial charge on any atom is -0.326 e. The second-order valence-corrected chi connectivity index (χ2v) is 7.44. The van der Waals surface area contributed by atoms with Crippen LogP contribution in [0.5, 0.6) is 0 Å². The summed E-state index contributed by atoms with van der Waals surface area (Å²) in [5.74, 6) is -0.0949. The van der Waals surface area contributed by atoms with Gasteiger partial charge in [-0.15, -0.1) is 0 Å². The molecule has 0 amide bonds. The number of sulfone groups is 1. The third kappa shape index (κ3) is 2.15. The Morgan fingerprint density at radius 1 is 0.950 bits per heavy atom. The fourth-order valence-corrected chi connectivity index (χ4v) is 4.72. The molecule has 0 aromatic heterocycles. The van der Waals surface area contributed by atoms with Crippen LogP contribution in [0.25, 0.3) is 0 Å². The van der Waals surface area contributed by atoms with Crippen LogP contribution < -0.4 is 5.73 Å². The van der Waals surface area contributed by atoms with Crippen LogP contribution in [0.2, 0.25) is 0 Å². The van der Waals surface area contributed by atoms with Crippen molar-refractivity contribution in [2.75, 3.05) is 0 Å². The summed E-state index contributed by atoms with van der Waals surface area (Å²) in [5, 5.41) is -0.507. The van der Waals surface area contributed by atoms with Crippen molar-refractivity contribution in [2.45, 2.75) is 29.0 Å². The van der Waals surface area contributed by atoms with Gasteiger partial charge in [0.05, 0.1) is 10.1 Å². The Morgan fingerprint density at radius 2 is 1.55 bits per heavy atom. The second-order valence-electron chi connectivity index (χ2n) is 5.34. The highest BCUT2D eigenvalue weighted by atomic mass is 32.2. The van der Waals surface area contributed by atoms with Crippen LogP contribution in [-0.2, 0) is 9.84 Å². The molecule has 2 aromatic carbocycles. The van der Waals surface area contributed by atoms with Gasteiger partial charge in [-0.3, -0.25) is 0 Å². The minimum atomic E-state index is -3.35.